The van der Waals surface area contributed by atoms with Crippen molar-refractivity contribution in [2.45, 2.75) is 97.8 Å². The van der Waals surface area contributed by atoms with Gasteiger partial charge in [-0.15, -0.1) is 0 Å². The molecule has 0 aliphatic carbocycles. The topological polar surface area (TPSA) is 87.7 Å². The predicted molar refractivity (Wildman–Crippen MR) is 149 cm³/mol. The van der Waals surface area contributed by atoms with Crippen LogP contribution in [0.25, 0.3) is 0 Å². The average Bonchev–Trinajstić information content (AvgIpc) is 2.79. The molecule has 0 aromatic heterocycles. The zero-order chi connectivity index (χ0) is 27.1. The van der Waals surface area contributed by atoms with Crippen LogP contribution < -0.4 is 10.6 Å². The second-order valence-electron chi connectivity index (χ2n) is 10.2. The van der Waals surface area contributed by atoms with Crippen LogP contribution in [0.1, 0.15) is 90.3 Å². The Balaban J connectivity index is 3.40. The average molecular weight is 522 g/mol. The number of nitrogens with one attached hydrogen (secondary N) is 2. The number of thioether (sulfide) groups is 1. The summed E-state index contributed by atoms with van der Waals surface area (Å²) in [7, 11) is 0. The van der Waals surface area contributed by atoms with E-state index in [1.165, 1.54) is 0 Å². The highest BCUT2D eigenvalue weighted by molar-refractivity contribution is 7.98. The van der Waals surface area contributed by atoms with Crippen molar-refractivity contribution in [3.05, 3.63) is 35.4 Å². The first kappa shape index (κ1) is 31.8. The summed E-state index contributed by atoms with van der Waals surface area (Å²) in [5.41, 5.74) is 1.11. The molecule has 7 nitrogen and oxygen atoms in total. The molecule has 8 heteroatoms. The maximum absolute atomic E-state index is 14.0. The molecule has 0 saturated carbocycles. The summed E-state index contributed by atoms with van der Waals surface area (Å²) in [6.07, 6.45) is 6.32. The lowest BCUT2D eigenvalue weighted by Gasteiger charge is -2.34. The Kier molecular flexibility index (Phi) is 14.6. The molecule has 1 rings (SSSR count). The van der Waals surface area contributed by atoms with Gasteiger partial charge >= 0.3 is 6.09 Å². The summed E-state index contributed by atoms with van der Waals surface area (Å²) in [6, 6.07) is 6.19. The van der Waals surface area contributed by atoms with Crippen LogP contribution in [0.5, 0.6) is 0 Å². The van der Waals surface area contributed by atoms with Crippen LogP contribution in [-0.4, -0.2) is 59.5 Å². The van der Waals surface area contributed by atoms with Gasteiger partial charge in [-0.05, 0) is 64.5 Å². The highest BCUT2D eigenvalue weighted by atomic mass is 32.2. The van der Waals surface area contributed by atoms with Gasteiger partial charge in [-0.2, -0.15) is 11.8 Å². The van der Waals surface area contributed by atoms with Gasteiger partial charge in [0.05, 0.1) is 0 Å². The van der Waals surface area contributed by atoms with Gasteiger partial charge in [-0.3, -0.25) is 9.59 Å². The third kappa shape index (κ3) is 11.7. The number of hydrogen-bond acceptors (Lipinski definition) is 5. The Bertz CT molecular complexity index is 825. The monoisotopic (exact) mass is 521 g/mol. The molecule has 0 fully saturated rings. The number of rotatable bonds is 15. The Hall–Kier alpha value is -2.22. The number of carbonyl (C=O) groups excluding carboxylic acids is 3. The highest BCUT2D eigenvalue weighted by Crippen LogP contribution is 2.25. The maximum Gasteiger partial charge on any atom is 0.408 e. The maximum atomic E-state index is 14.0. The molecule has 2 atom stereocenters. The summed E-state index contributed by atoms with van der Waals surface area (Å²) >= 11 is 1.61. The molecule has 3 amide bonds. The van der Waals surface area contributed by atoms with Gasteiger partial charge in [-0.1, -0.05) is 62.9 Å². The van der Waals surface area contributed by atoms with Crippen LogP contribution in [0.2, 0.25) is 0 Å². The van der Waals surface area contributed by atoms with Gasteiger partial charge in [0.1, 0.15) is 17.7 Å². The van der Waals surface area contributed by atoms with Gasteiger partial charge in [0, 0.05) is 13.1 Å². The molecule has 0 radical (unpaired) electrons. The van der Waals surface area contributed by atoms with E-state index in [-0.39, 0.29) is 11.8 Å². The van der Waals surface area contributed by atoms with Crippen molar-refractivity contribution in [1.29, 1.82) is 0 Å². The van der Waals surface area contributed by atoms with Crippen molar-refractivity contribution < 1.29 is 19.1 Å². The predicted octanol–water partition coefficient (Wildman–Crippen LogP) is 5.62. The van der Waals surface area contributed by atoms with Gasteiger partial charge in [0.2, 0.25) is 11.8 Å². The molecule has 204 valence electrons. The van der Waals surface area contributed by atoms with E-state index in [0.29, 0.717) is 25.3 Å². The third-order valence-corrected chi connectivity index (χ3v) is 6.28. The minimum atomic E-state index is -0.787. The third-order valence-electron chi connectivity index (χ3n) is 5.63. The van der Waals surface area contributed by atoms with Crippen molar-refractivity contribution in [1.82, 2.24) is 15.5 Å². The van der Waals surface area contributed by atoms with E-state index in [1.807, 2.05) is 37.4 Å². The fourth-order valence-electron chi connectivity index (χ4n) is 3.84. The van der Waals surface area contributed by atoms with Crippen LogP contribution >= 0.6 is 11.8 Å². The van der Waals surface area contributed by atoms with E-state index in [0.717, 1.165) is 43.2 Å². The Morgan fingerprint density at radius 1 is 1.08 bits per heavy atom. The number of unbranched alkanes of at least 4 members (excludes halogenated alkanes) is 3. The number of alkyl carbamates (subject to hydrolysis) is 1. The van der Waals surface area contributed by atoms with Crippen molar-refractivity contribution in [2.75, 3.05) is 25.1 Å². The summed E-state index contributed by atoms with van der Waals surface area (Å²) in [4.78, 5) is 41.9. The summed E-state index contributed by atoms with van der Waals surface area (Å²) < 4.78 is 5.44. The van der Waals surface area contributed by atoms with Crippen molar-refractivity contribution in [3.8, 4) is 0 Å². The molecule has 0 aliphatic heterocycles. The molecule has 2 N–H and O–H groups in total. The zero-order valence-electron chi connectivity index (χ0n) is 23.3. The number of aryl methyl sites for hydroxylation is 1. The van der Waals surface area contributed by atoms with Crippen LogP contribution in [0.3, 0.4) is 0 Å². The molecule has 1 aromatic rings. The second kappa shape index (κ2) is 16.5. The first-order valence-electron chi connectivity index (χ1n) is 13.2. The first-order chi connectivity index (χ1) is 17.0. The lowest BCUT2D eigenvalue weighted by Crippen LogP contribution is -2.53. The Labute approximate surface area is 222 Å². The molecule has 0 spiro atoms. The molecule has 36 heavy (non-hydrogen) atoms. The van der Waals surface area contributed by atoms with Gasteiger partial charge < -0.3 is 20.3 Å². The standard InChI is InChI=1S/C28H47N3O4S/c1-8-10-12-18-31(26(33)23(16-19-36-7)30-27(34)35-28(4,5)6)24(25(32)29-17-11-9-2)22-15-13-14-21(3)20-22/h13-15,20,23-24H,8-12,16-19H2,1-7H3,(H,29,32)(H,30,34). The fraction of sp³-hybridized carbons (Fsp3) is 0.679. The SMILES string of the molecule is CCCCCN(C(=O)C(CCSC)NC(=O)OC(C)(C)C)C(C(=O)NCCCC)c1cccc(C)c1. The Morgan fingerprint density at radius 3 is 2.36 bits per heavy atom. The van der Waals surface area contributed by atoms with Crippen LogP contribution in [-0.2, 0) is 14.3 Å². The van der Waals surface area contributed by atoms with Crippen LogP contribution in [0.4, 0.5) is 4.79 Å². The van der Waals surface area contributed by atoms with E-state index in [2.05, 4.69) is 24.5 Å². The second-order valence-corrected chi connectivity index (χ2v) is 11.2. The van der Waals surface area contributed by atoms with Crippen LogP contribution in [0.15, 0.2) is 24.3 Å². The van der Waals surface area contributed by atoms with Crippen LogP contribution in [0, 0.1) is 6.92 Å². The van der Waals surface area contributed by atoms with E-state index < -0.39 is 23.8 Å². The number of benzene rings is 1. The largest absolute Gasteiger partial charge is 0.444 e. The lowest BCUT2D eigenvalue weighted by atomic mass is 10.00. The normalized spacial score (nSPS) is 13.0. The van der Waals surface area contributed by atoms with Gasteiger partial charge in [-0.25, -0.2) is 4.79 Å². The number of nitrogens with zero attached hydrogens (tertiary/aromatic N) is 1. The molecule has 0 saturated heterocycles. The quantitative estimate of drug-likeness (QED) is 0.293. The Morgan fingerprint density at radius 2 is 1.78 bits per heavy atom. The zero-order valence-corrected chi connectivity index (χ0v) is 24.1. The van der Waals surface area contributed by atoms with E-state index in [1.54, 1.807) is 37.4 Å². The first-order valence-corrected chi connectivity index (χ1v) is 14.6. The molecule has 2 unspecified atom stereocenters. The number of hydrogen-bond donors (Lipinski definition) is 2. The fourth-order valence-corrected chi connectivity index (χ4v) is 4.31. The van der Waals surface area contributed by atoms with Crippen molar-refractivity contribution >= 4 is 29.7 Å². The van der Waals surface area contributed by atoms with E-state index in [9.17, 15) is 14.4 Å². The van der Waals surface area contributed by atoms with Gasteiger partial charge in [0.15, 0.2) is 0 Å². The minimum Gasteiger partial charge on any atom is -0.444 e. The van der Waals surface area contributed by atoms with E-state index in [4.69, 9.17) is 4.74 Å². The number of carbonyl (C=O) groups is 3. The van der Waals surface area contributed by atoms with Crippen molar-refractivity contribution in [2.24, 2.45) is 0 Å². The smallest absolute Gasteiger partial charge is 0.408 e. The molecular formula is C28H47N3O4S. The summed E-state index contributed by atoms with van der Waals surface area (Å²) in [5, 5.41) is 5.82. The molecule has 0 bridgehead atoms. The molecule has 1 aromatic carbocycles. The summed E-state index contributed by atoms with van der Waals surface area (Å²) in [6.45, 7) is 12.5. The lowest BCUT2D eigenvalue weighted by molar-refractivity contribution is -0.142. The van der Waals surface area contributed by atoms with Gasteiger partial charge in [0.25, 0.3) is 0 Å². The molecular weight excluding hydrogens is 474 g/mol. The molecule has 0 heterocycles. The number of ether oxygens (including phenoxy) is 1. The highest BCUT2D eigenvalue weighted by Gasteiger charge is 2.35. The van der Waals surface area contributed by atoms with Crippen molar-refractivity contribution in [3.63, 3.8) is 0 Å². The molecule has 0 aliphatic rings. The number of amides is 3. The summed E-state index contributed by atoms with van der Waals surface area (Å²) in [5.74, 6) is 0.232. The van der Waals surface area contributed by atoms with E-state index >= 15 is 0 Å². The minimum absolute atomic E-state index is 0.195.